The van der Waals surface area contributed by atoms with Gasteiger partial charge in [-0.3, -0.25) is 0 Å². The summed E-state index contributed by atoms with van der Waals surface area (Å²) in [5.74, 6) is 0.675. The molecule has 1 aromatic heterocycles. The summed E-state index contributed by atoms with van der Waals surface area (Å²) in [7, 11) is 0. The Morgan fingerprint density at radius 2 is 2.22 bits per heavy atom. The van der Waals surface area contributed by atoms with Crippen molar-refractivity contribution in [3.8, 4) is 0 Å². The maximum absolute atomic E-state index is 10.9. The van der Waals surface area contributed by atoms with E-state index in [4.69, 9.17) is 5.11 Å². The van der Waals surface area contributed by atoms with Crippen LogP contribution in [0.4, 0.5) is 0 Å². The van der Waals surface area contributed by atoms with E-state index >= 15 is 0 Å². The zero-order valence-corrected chi connectivity index (χ0v) is 9.89. The summed E-state index contributed by atoms with van der Waals surface area (Å²) < 4.78 is 0. The normalized spacial score (nSPS) is 17.7. The van der Waals surface area contributed by atoms with Crippen molar-refractivity contribution in [1.82, 2.24) is 9.97 Å². The summed E-state index contributed by atoms with van der Waals surface area (Å²) in [5, 5.41) is 8.97. The van der Waals surface area contributed by atoms with Crippen molar-refractivity contribution in [3.63, 3.8) is 0 Å². The average Bonchev–Trinajstić information content (AvgIpc) is 2.96. The Balaban J connectivity index is 1.77. The SMILES string of the molecule is O=C(O)c1ccc2c(c1)CC(Cc1ncc[nH]1)C2. The second-order valence-corrected chi connectivity index (χ2v) is 4.80. The zero-order chi connectivity index (χ0) is 12.5. The number of carboxylic acid groups (broad SMARTS) is 1. The maximum Gasteiger partial charge on any atom is 0.335 e. The molecule has 0 saturated heterocycles. The summed E-state index contributed by atoms with van der Waals surface area (Å²) in [6.07, 6.45) is 6.47. The molecule has 3 rings (SSSR count). The third-order valence-electron chi connectivity index (χ3n) is 3.51. The van der Waals surface area contributed by atoms with Gasteiger partial charge >= 0.3 is 5.97 Å². The lowest BCUT2D eigenvalue weighted by molar-refractivity contribution is 0.0697. The van der Waals surface area contributed by atoms with Gasteiger partial charge in [-0.25, -0.2) is 9.78 Å². The topological polar surface area (TPSA) is 66.0 Å². The number of imidazole rings is 1. The first-order valence-corrected chi connectivity index (χ1v) is 6.05. The van der Waals surface area contributed by atoms with Gasteiger partial charge in [0, 0.05) is 18.8 Å². The largest absolute Gasteiger partial charge is 0.478 e. The molecule has 0 fully saturated rings. The number of aromatic carboxylic acids is 1. The van der Waals surface area contributed by atoms with E-state index in [1.807, 2.05) is 12.3 Å². The first-order chi connectivity index (χ1) is 8.72. The minimum atomic E-state index is -0.854. The number of fused-ring (bicyclic) bond motifs is 1. The second-order valence-electron chi connectivity index (χ2n) is 4.80. The highest BCUT2D eigenvalue weighted by Gasteiger charge is 2.23. The van der Waals surface area contributed by atoms with Crippen LogP contribution in [0.15, 0.2) is 30.6 Å². The number of aromatic amines is 1. The quantitative estimate of drug-likeness (QED) is 0.865. The molecule has 0 saturated carbocycles. The van der Waals surface area contributed by atoms with Crippen LogP contribution in [0, 0.1) is 5.92 Å². The molecule has 1 atom stereocenters. The molecule has 18 heavy (non-hydrogen) atoms. The molecule has 2 N–H and O–H groups in total. The molecule has 4 heteroatoms. The number of carboxylic acids is 1. The van der Waals surface area contributed by atoms with Gasteiger partial charge in [0.25, 0.3) is 0 Å². The lowest BCUT2D eigenvalue weighted by Crippen LogP contribution is -2.05. The number of rotatable bonds is 3. The molecule has 1 aliphatic rings. The van der Waals surface area contributed by atoms with Gasteiger partial charge in [-0.15, -0.1) is 0 Å². The highest BCUT2D eigenvalue weighted by atomic mass is 16.4. The summed E-state index contributed by atoms with van der Waals surface area (Å²) in [4.78, 5) is 18.3. The van der Waals surface area contributed by atoms with Gasteiger partial charge < -0.3 is 10.1 Å². The van der Waals surface area contributed by atoms with Crippen molar-refractivity contribution in [3.05, 3.63) is 53.1 Å². The number of nitrogens with one attached hydrogen (secondary N) is 1. The van der Waals surface area contributed by atoms with Crippen LogP contribution in [-0.2, 0) is 19.3 Å². The van der Waals surface area contributed by atoms with Crippen molar-refractivity contribution in [1.29, 1.82) is 0 Å². The highest BCUT2D eigenvalue weighted by Crippen LogP contribution is 2.29. The van der Waals surface area contributed by atoms with Gasteiger partial charge in [-0.1, -0.05) is 6.07 Å². The van der Waals surface area contributed by atoms with Crippen LogP contribution < -0.4 is 0 Å². The number of hydrogen-bond donors (Lipinski definition) is 2. The smallest absolute Gasteiger partial charge is 0.335 e. The van der Waals surface area contributed by atoms with Crippen molar-refractivity contribution in [2.24, 2.45) is 5.92 Å². The molecule has 1 heterocycles. The molecule has 0 spiro atoms. The molecule has 0 radical (unpaired) electrons. The van der Waals surface area contributed by atoms with Gasteiger partial charge in [0.05, 0.1) is 5.56 Å². The van der Waals surface area contributed by atoms with E-state index in [1.54, 1.807) is 18.3 Å². The number of benzene rings is 1. The Hall–Kier alpha value is -2.10. The van der Waals surface area contributed by atoms with Crippen LogP contribution in [0.25, 0.3) is 0 Å². The lowest BCUT2D eigenvalue weighted by atomic mass is 10.0. The van der Waals surface area contributed by atoms with Gasteiger partial charge in [0.15, 0.2) is 0 Å². The Morgan fingerprint density at radius 1 is 1.39 bits per heavy atom. The molecule has 0 bridgehead atoms. The molecule has 1 aromatic carbocycles. The monoisotopic (exact) mass is 242 g/mol. The molecule has 4 nitrogen and oxygen atoms in total. The van der Waals surface area contributed by atoms with E-state index in [1.165, 1.54) is 11.1 Å². The fourth-order valence-corrected chi connectivity index (χ4v) is 2.67. The van der Waals surface area contributed by atoms with Crippen LogP contribution in [-0.4, -0.2) is 21.0 Å². The van der Waals surface area contributed by atoms with E-state index < -0.39 is 5.97 Å². The number of H-pyrrole nitrogens is 1. The van der Waals surface area contributed by atoms with Crippen molar-refractivity contribution in [2.75, 3.05) is 0 Å². The van der Waals surface area contributed by atoms with Gasteiger partial charge in [-0.05, 0) is 42.0 Å². The predicted octanol–water partition coefficient (Wildman–Crippen LogP) is 2.07. The summed E-state index contributed by atoms with van der Waals surface area (Å²) in [5.41, 5.74) is 2.83. The molecule has 1 aliphatic carbocycles. The minimum absolute atomic E-state index is 0.382. The van der Waals surface area contributed by atoms with Gasteiger partial charge in [0.1, 0.15) is 5.82 Å². The third kappa shape index (κ3) is 2.01. The Labute approximate surface area is 105 Å². The van der Waals surface area contributed by atoms with Crippen molar-refractivity contribution >= 4 is 5.97 Å². The summed E-state index contributed by atoms with van der Waals surface area (Å²) in [6.45, 7) is 0. The van der Waals surface area contributed by atoms with Crippen LogP contribution in [0.3, 0.4) is 0 Å². The van der Waals surface area contributed by atoms with Crippen LogP contribution >= 0.6 is 0 Å². The zero-order valence-electron chi connectivity index (χ0n) is 9.89. The number of carbonyl (C=O) groups is 1. The van der Waals surface area contributed by atoms with E-state index in [2.05, 4.69) is 9.97 Å². The van der Waals surface area contributed by atoms with E-state index in [-0.39, 0.29) is 0 Å². The standard InChI is InChI=1S/C14H14N2O2/c17-14(18)11-2-1-10-5-9(6-12(10)8-11)7-13-15-3-4-16-13/h1-4,8-9H,5-7H2,(H,15,16)(H,17,18). The second kappa shape index (κ2) is 4.29. The predicted molar refractivity (Wildman–Crippen MR) is 66.6 cm³/mol. The molecule has 92 valence electrons. The van der Waals surface area contributed by atoms with Crippen LogP contribution in [0.2, 0.25) is 0 Å². The Morgan fingerprint density at radius 3 is 2.94 bits per heavy atom. The van der Waals surface area contributed by atoms with Crippen LogP contribution in [0.1, 0.15) is 27.3 Å². The molecule has 2 aromatic rings. The van der Waals surface area contributed by atoms with E-state index in [0.29, 0.717) is 11.5 Å². The highest BCUT2D eigenvalue weighted by molar-refractivity contribution is 5.88. The average molecular weight is 242 g/mol. The first-order valence-electron chi connectivity index (χ1n) is 6.05. The van der Waals surface area contributed by atoms with Gasteiger partial charge in [0.2, 0.25) is 0 Å². The molecule has 0 amide bonds. The fourth-order valence-electron chi connectivity index (χ4n) is 2.67. The third-order valence-corrected chi connectivity index (χ3v) is 3.51. The Kier molecular flexibility index (Phi) is 2.63. The van der Waals surface area contributed by atoms with E-state index in [9.17, 15) is 4.79 Å². The van der Waals surface area contributed by atoms with E-state index in [0.717, 1.165) is 25.1 Å². The number of hydrogen-bond acceptors (Lipinski definition) is 2. The molecule has 0 aliphatic heterocycles. The number of aromatic nitrogens is 2. The Bertz CT molecular complexity index is 575. The maximum atomic E-state index is 10.9. The van der Waals surface area contributed by atoms with Crippen molar-refractivity contribution < 1.29 is 9.90 Å². The van der Waals surface area contributed by atoms with Crippen LogP contribution in [0.5, 0.6) is 0 Å². The molecular formula is C14H14N2O2. The summed E-state index contributed by atoms with van der Waals surface area (Å²) in [6, 6.07) is 5.44. The fraction of sp³-hybridized carbons (Fsp3) is 0.286. The summed E-state index contributed by atoms with van der Waals surface area (Å²) >= 11 is 0. The molecule has 1 unspecified atom stereocenters. The van der Waals surface area contributed by atoms with Crippen molar-refractivity contribution in [2.45, 2.75) is 19.3 Å². The number of nitrogens with zero attached hydrogens (tertiary/aromatic N) is 1. The minimum Gasteiger partial charge on any atom is -0.478 e. The van der Waals surface area contributed by atoms with Gasteiger partial charge in [-0.2, -0.15) is 0 Å². The first kappa shape index (κ1) is 11.0. The lowest BCUT2D eigenvalue weighted by Gasteiger charge is -2.05. The molecular weight excluding hydrogens is 228 g/mol.